The fourth-order valence-electron chi connectivity index (χ4n) is 2.17. The van der Waals surface area contributed by atoms with Crippen molar-refractivity contribution in [1.29, 1.82) is 0 Å². The summed E-state index contributed by atoms with van der Waals surface area (Å²) in [4.78, 5) is 13.5. The van der Waals surface area contributed by atoms with Gasteiger partial charge in [-0.05, 0) is 31.9 Å². The number of rotatable bonds is 5. The quantitative estimate of drug-likeness (QED) is 0.823. The second kappa shape index (κ2) is 6.57. The van der Waals surface area contributed by atoms with Gasteiger partial charge in [-0.3, -0.25) is 4.79 Å². The van der Waals surface area contributed by atoms with Crippen LogP contribution in [0.4, 0.5) is 0 Å². The summed E-state index contributed by atoms with van der Waals surface area (Å²) >= 11 is 0. The maximum atomic E-state index is 11.8. The lowest BCUT2D eigenvalue weighted by molar-refractivity contribution is -0.130. The first-order valence-corrected chi connectivity index (χ1v) is 6.80. The lowest BCUT2D eigenvalue weighted by Gasteiger charge is -2.15. The smallest absolute Gasteiger partial charge is 0.222 e. The van der Waals surface area contributed by atoms with Crippen LogP contribution >= 0.6 is 0 Å². The van der Waals surface area contributed by atoms with Gasteiger partial charge in [-0.1, -0.05) is 17.7 Å². The highest BCUT2D eigenvalue weighted by Gasteiger charge is 2.23. The van der Waals surface area contributed by atoms with Crippen molar-refractivity contribution in [2.24, 2.45) is 0 Å². The molecule has 4 heteroatoms. The molecule has 0 aromatic heterocycles. The molecule has 104 valence electrons. The monoisotopic (exact) mass is 263 g/mol. The lowest BCUT2D eigenvalue weighted by Crippen LogP contribution is -2.29. The molecule has 1 aliphatic heterocycles. The van der Waals surface area contributed by atoms with Gasteiger partial charge in [-0.2, -0.15) is 0 Å². The molecule has 19 heavy (non-hydrogen) atoms. The minimum Gasteiger partial charge on any atom is -0.494 e. The number of hydrogen-bond acceptors (Lipinski definition) is 3. The fourth-order valence-corrected chi connectivity index (χ4v) is 2.17. The van der Waals surface area contributed by atoms with E-state index >= 15 is 0 Å². The molecule has 1 saturated heterocycles. The molecule has 4 nitrogen and oxygen atoms in total. The van der Waals surface area contributed by atoms with E-state index in [4.69, 9.17) is 4.74 Å². The highest BCUT2D eigenvalue weighted by molar-refractivity contribution is 5.76. The Morgan fingerprint density at radius 1 is 1.42 bits per heavy atom. The molecule has 0 bridgehead atoms. The minimum atomic E-state index is -0.340. The Morgan fingerprint density at radius 2 is 2.16 bits per heavy atom. The first kappa shape index (κ1) is 13.9. The van der Waals surface area contributed by atoms with Crippen LogP contribution in [-0.2, 0) is 4.79 Å². The van der Waals surface area contributed by atoms with Gasteiger partial charge in [0, 0.05) is 19.5 Å². The van der Waals surface area contributed by atoms with Gasteiger partial charge >= 0.3 is 0 Å². The Balaban J connectivity index is 1.64. The van der Waals surface area contributed by atoms with Crippen molar-refractivity contribution in [2.75, 3.05) is 19.7 Å². The maximum Gasteiger partial charge on any atom is 0.222 e. The van der Waals surface area contributed by atoms with Crippen LogP contribution in [0.2, 0.25) is 0 Å². The van der Waals surface area contributed by atoms with Crippen LogP contribution in [-0.4, -0.2) is 41.7 Å². The van der Waals surface area contributed by atoms with E-state index in [0.717, 1.165) is 5.75 Å². The van der Waals surface area contributed by atoms with Crippen LogP contribution in [0.5, 0.6) is 5.75 Å². The van der Waals surface area contributed by atoms with Crippen LogP contribution in [0.15, 0.2) is 24.3 Å². The van der Waals surface area contributed by atoms with E-state index in [1.54, 1.807) is 4.90 Å². The Hall–Kier alpha value is -1.55. The van der Waals surface area contributed by atoms with Crippen molar-refractivity contribution in [3.05, 3.63) is 29.8 Å². The Labute approximate surface area is 114 Å². The Kier molecular flexibility index (Phi) is 4.80. The summed E-state index contributed by atoms with van der Waals surface area (Å²) in [7, 11) is 0. The molecule has 1 fully saturated rings. The second-order valence-corrected chi connectivity index (χ2v) is 5.05. The first-order valence-electron chi connectivity index (χ1n) is 6.80. The Bertz CT molecular complexity index is 416. The van der Waals surface area contributed by atoms with Gasteiger partial charge in [0.1, 0.15) is 5.75 Å². The summed E-state index contributed by atoms with van der Waals surface area (Å²) in [5.41, 5.74) is 1.20. The number of aliphatic hydroxyl groups excluding tert-OH is 1. The van der Waals surface area contributed by atoms with Crippen molar-refractivity contribution >= 4 is 5.91 Å². The molecule has 0 unspecified atom stereocenters. The van der Waals surface area contributed by atoms with Gasteiger partial charge in [0.15, 0.2) is 0 Å². The van der Waals surface area contributed by atoms with E-state index in [2.05, 4.69) is 0 Å². The molecular formula is C15H21NO3. The van der Waals surface area contributed by atoms with Crippen molar-refractivity contribution in [2.45, 2.75) is 32.3 Å². The molecule has 1 atom stereocenters. The summed E-state index contributed by atoms with van der Waals surface area (Å²) in [6, 6.07) is 7.89. The van der Waals surface area contributed by atoms with Gasteiger partial charge in [-0.25, -0.2) is 0 Å². The third-order valence-electron chi connectivity index (χ3n) is 3.34. The topological polar surface area (TPSA) is 49.8 Å². The minimum absolute atomic E-state index is 0.115. The average Bonchev–Trinajstić information content (AvgIpc) is 2.83. The molecule has 1 amide bonds. The standard InChI is InChI=1S/C15H21NO3/c1-12-4-6-14(7-5-12)19-10-2-3-15(18)16-9-8-13(17)11-16/h4-7,13,17H,2-3,8-11H2,1H3/t13-/m0/s1. The molecule has 0 saturated carbocycles. The summed E-state index contributed by atoms with van der Waals surface area (Å²) in [6.07, 6.45) is 1.55. The average molecular weight is 263 g/mol. The predicted molar refractivity (Wildman–Crippen MR) is 73.1 cm³/mol. The van der Waals surface area contributed by atoms with E-state index in [-0.39, 0.29) is 12.0 Å². The zero-order chi connectivity index (χ0) is 13.7. The van der Waals surface area contributed by atoms with Gasteiger partial charge in [-0.15, -0.1) is 0 Å². The molecule has 0 radical (unpaired) electrons. The highest BCUT2D eigenvalue weighted by Crippen LogP contribution is 2.13. The van der Waals surface area contributed by atoms with Gasteiger partial charge in [0.25, 0.3) is 0 Å². The molecule has 0 aliphatic carbocycles. The van der Waals surface area contributed by atoms with E-state index in [0.29, 0.717) is 39.0 Å². The highest BCUT2D eigenvalue weighted by atomic mass is 16.5. The van der Waals surface area contributed by atoms with Gasteiger partial charge < -0.3 is 14.7 Å². The molecule has 1 N–H and O–H groups in total. The third kappa shape index (κ3) is 4.24. The largest absolute Gasteiger partial charge is 0.494 e. The number of likely N-dealkylation sites (tertiary alicyclic amines) is 1. The third-order valence-corrected chi connectivity index (χ3v) is 3.34. The molecule has 1 aromatic carbocycles. The number of benzene rings is 1. The van der Waals surface area contributed by atoms with Crippen LogP contribution in [0.1, 0.15) is 24.8 Å². The zero-order valence-corrected chi connectivity index (χ0v) is 11.3. The number of hydrogen-bond donors (Lipinski definition) is 1. The van der Waals surface area contributed by atoms with Gasteiger partial charge in [0.05, 0.1) is 12.7 Å². The van der Waals surface area contributed by atoms with E-state index < -0.39 is 0 Å². The van der Waals surface area contributed by atoms with Crippen molar-refractivity contribution in [1.82, 2.24) is 4.90 Å². The molecule has 0 spiro atoms. The summed E-state index contributed by atoms with van der Waals surface area (Å²) < 4.78 is 5.58. The lowest BCUT2D eigenvalue weighted by atomic mass is 10.2. The Morgan fingerprint density at radius 3 is 2.79 bits per heavy atom. The number of ether oxygens (including phenoxy) is 1. The SMILES string of the molecule is Cc1ccc(OCCCC(=O)N2CC[C@H](O)C2)cc1. The summed E-state index contributed by atoms with van der Waals surface area (Å²) in [5.74, 6) is 0.957. The van der Waals surface area contributed by atoms with Crippen LogP contribution in [0.3, 0.4) is 0 Å². The van der Waals surface area contributed by atoms with Crippen molar-refractivity contribution in [3.63, 3.8) is 0 Å². The number of carbonyl (C=O) groups is 1. The maximum absolute atomic E-state index is 11.8. The van der Waals surface area contributed by atoms with E-state index in [1.807, 2.05) is 31.2 Å². The fraction of sp³-hybridized carbons (Fsp3) is 0.533. The number of aliphatic hydroxyl groups is 1. The first-order chi connectivity index (χ1) is 9.15. The number of aryl methyl sites for hydroxylation is 1. The van der Waals surface area contributed by atoms with Crippen LogP contribution in [0.25, 0.3) is 0 Å². The summed E-state index contributed by atoms with van der Waals surface area (Å²) in [6.45, 7) is 3.74. The molecule has 1 heterocycles. The van der Waals surface area contributed by atoms with E-state index in [9.17, 15) is 9.90 Å². The van der Waals surface area contributed by atoms with E-state index in [1.165, 1.54) is 5.56 Å². The molecule has 1 aromatic rings. The molecule has 2 rings (SSSR count). The number of carbonyl (C=O) groups excluding carboxylic acids is 1. The predicted octanol–water partition coefficient (Wildman–Crippen LogP) is 1.75. The number of nitrogens with zero attached hydrogens (tertiary/aromatic N) is 1. The zero-order valence-electron chi connectivity index (χ0n) is 11.3. The molecule has 1 aliphatic rings. The second-order valence-electron chi connectivity index (χ2n) is 5.05. The van der Waals surface area contributed by atoms with Crippen molar-refractivity contribution < 1.29 is 14.6 Å². The normalized spacial score (nSPS) is 18.6. The van der Waals surface area contributed by atoms with Crippen LogP contribution in [0, 0.1) is 6.92 Å². The molecular weight excluding hydrogens is 242 g/mol. The number of amides is 1. The van der Waals surface area contributed by atoms with Crippen LogP contribution < -0.4 is 4.74 Å². The summed E-state index contributed by atoms with van der Waals surface area (Å²) in [5, 5.41) is 9.37. The van der Waals surface area contributed by atoms with Gasteiger partial charge in [0.2, 0.25) is 5.91 Å². The van der Waals surface area contributed by atoms with Crippen molar-refractivity contribution in [3.8, 4) is 5.75 Å². The number of β-amino-alcohol motifs (C(OH)–C–C–N with tert-alkyl or cyclic N) is 1.